The van der Waals surface area contributed by atoms with E-state index in [2.05, 4.69) is 36.5 Å². The van der Waals surface area contributed by atoms with Gasteiger partial charge >= 0.3 is 0 Å². The molecule has 1 atom stereocenters. The zero-order chi connectivity index (χ0) is 27.0. The Morgan fingerprint density at radius 1 is 1.18 bits per heavy atom. The van der Waals surface area contributed by atoms with Gasteiger partial charge in [0.2, 0.25) is 11.9 Å². The van der Waals surface area contributed by atoms with E-state index in [9.17, 15) is 18.4 Å². The highest BCUT2D eigenvalue weighted by Gasteiger charge is 2.53. The maximum atomic E-state index is 13.9. The average Bonchev–Trinajstić information content (AvgIpc) is 2.88. The molecule has 1 aliphatic carbocycles. The van der Waals surface area contributed by atoms with Gasteiger partial charge < -0.3 is 26.0 Å². The van der Waals surface area contributed by atoms with Crippen LogP contribution in [0.1, 0.15) is 34.3 Å². The lowest BCUT2D eigenvalue weighted by Crippen LogP contribution is -2.51. The molecule has 38 heavy (non-hydrogen) atoms. The molecular formula is C26H25BrF2N6O3. The van der Waals surface area contributed by atoms with E-state index in [0.29, 0.717) is 30.1 Å². The first kappa shape index (κ1) is 25.8. The Balaban J connectivity index is 1.42. The Kier molecular flexibility index (Phi) is 6.91. The molecule has 2 amide bonds. The molecule has 1 aliphatic heterocycles. The number of primary amides is 1. The minimum atomic E-state index is -2.93. The number of nitrogens with zero attached hydrogens (tertiary/aromatic N) is 3. The minimum absolute atomic E-state index is 0.102. The van der Waals surface area contributed by atoms with E-state index >= 15 is 0 Å². The number of para-hydroxylation sites is 1. The first-order chi connectivity index (χ1) is 18.2. The molecule has 0 bridgehead atoms. The molecule has 2 aromatic carbocycles. The fourth-order valence-corrected chi connectivity index (χ4v) is 4.98. The summed E-state index contributed by atoms with van der Waals surface area (Å²) in [4.78, 5) is 34.9. The fraction of sp³-hybridized carbons (Fsp3) is 0.308. The Morgan fingerprint density at radius 2 is 1.97 bits per heavy atom. The van der Waals surface area contributed by atoms with E-state index in [-0.39, 0.29) is 36.7 Å². The predicted octanol–water partition coefficient (Wildman–Crippen LogP) is 4.76. The minimum Gasteiger partial charge on any atom is -0.495 e. The highest BCUT2D eigenvalue weighted by Crippen LogP contribution is 2.45. The number of benzene rings is 2. The van der Waals surface area contributed by atoms with Gasteiger partial charge in [0.25, 0.3) is 11.8 Å². The second-order valence-electron chi connectivity index (χ2n) is 9.23. The number of halogens is 3. The van der Waals surface area contributed by atoms with Crippen LogP contribution in [0, 0.1) is 5.92 Å². The summed E-state index contributed by atoms with van der Waals surface area (Å²) in [6, 6.07) is 11.0. The van der Waals surface area contributed by atoms with Crippen molar-refractivity contribution in [2.45, 2.75) is 31.7 Å². The number of hydrogen-bond acceptors (Lipinski definition) is 7. The van der Waals surface area contributed by atoms with Crippen LogP contribution in [0.4, 0.5) is 31.9 Å². The van der Waals surface area contributed by atoms with E-state index in [4.69, 9.17) is 10.5 Å². The molecule has 198 valence electrons. The second-order valence-corrected chi connectivity index (χ2v) is 10.1. The molecule has 2 aliphatic rings. The van der Waals surface area contributed by atoms with Crippen LogP contribution < -0.4 is 21.1 Å². The van der Waals surface area contributed by atoms with Gasteiger partial charge in [-0.15, -0.1) is 0 Å². The standard InChI is InChI=1S/C26H25BrF2N6O3/c1-38-21-11-14-7-9-35(24(37)17-6-8-26(17,28)29)13-15(14)10-20(21)33-25-31-12-16(22(30)36)23(34-25)32-19-5-3-2-4-18(19)27/h2-5,10-12,17H,6-9,13H2,1H3,(H2,30,36)(H2,31,32,33,34). The Hall–Kier alpha value is -3.80. The molecule has 3 aromatic rings. The number of fused-ring (bicyclic) bond motifs is 1. The van der Waals surface area contributed by atoms with Crippen molar-refractivity contribution >= 4 is 50.9 Å². The number of nitrogens with one attached hydrogen (secondary N) is 2. The van der Waals surface area contributed by atoms with Crippen molar-refractivity contribution in [1.29, 1.82) is 0 Å². The maximum Gasteiger partial charge on any atom is 0.259 e. The number of aromatic nitrogens is 2. The molecule has 0 spiro atoms. The van der Waals surface area contributed by atoms with Gasteiger partial charge in [-0.05, 0) is 64.2 Å². The van der Waals surface area contributed by atoms with Gasteiger partial charge in [0.05, 0.1) is 18.5 Å². The lowest BCUT2D eigenvalue weighted by molar-refractivity contribution is -0.172. The lowest BCUT2D eigenvalue weighted by Gasteiger charge is -2.40. The number of ether oxygens (including phenoxy) is 1. The molecule has 1 unspecified atom stereocenters. The van der Waals surface area contributed by atoms with Crippen molar-refractivity contribution in [2.75, 3.05) is 24.3 Å². The number of amides is 2. The number of anilines is 4. The third kappa shape index (κ3) is 5.00. The van der Waals surface area contributed by atoms with Crippen LogP contribution in [0.3, 0.4) is 0 Å². The second kappa shape index (κ2) is 10.2. The van der Waals surface area contributed by atoms with Gasteiger partial charge in [-0.1, -0.05) is 12.1 Å². The smallest absolute Gasteiger partial charge is 0.259 e. The Morgan fingerprint density at radius 3 is 2.63 bits per heavy atom. The van der Waals surface area contributed by atoms with E-state index in [0.717, 1.165) is 15.6 Å². The summed E-state index contributed by atoms with van der Waals surface area (Å²) in [5, 5.41) is 6.21. The summed E-state index contributed by atoms with van der Waals surface area (Å²) >= 11 is 3.46. The van der Waals surface area contributed by atoms with Gasteiger partial charge in [-0.3, -0.25) is 9.59 Å². The first-order valence-electron chi connectivity index (χ1n) is 12.0. The molecule has 1 aromatic heterocycles. The summed E-state index contributed by atoms with van der Waals surface area (Å²) in [6.45, 7) is 0.589. The van der Waals surface area contributed by atoms with E-state index in [1.54, 1.807) is 6.07 Å². The molecule has 4 N–H and O–H groups in total. The predicted molar refractivity (Wildman–Crippen MR) is 141 cm³/mol. The van der Waals surface area contributed by atoms with Crippen LogP contribution >= 0.6 is 15.9 Å². The fourth-order valence-electron chi connectivity index (χ4n) is 4.60. The van der Waals surface area contributed by atoms with Crippen LogP contribution in [-0.2, 0) is 17.8 Å². The topological polar surface area (TPSA) is 122 Å². The monoisotopic (exact) mass is 586 g/mol. The third-order valence-corrected chi connectivity index (χ3v) is 7.54. The van der Waals surface area contributed by atoms with E-state index < -0.39 is 23.7 Å². The number of rotatable bonds is 7. The molecule has 12 heteroatoms. The van der Waals surface area contributed by atoms with Crippen molar-refractivity contribution in [2.24, 2.45) is 11.7 Å². The average molecular weight is 587 g/mol. The van der Waals surface area contributed by atoms with Crippen LogP contribution in [0.2, 0.25) is 0 Å². The molecule has 1 fully saturated rings. The summed E-state index contributed by atoms with van der Waals surface area (Å²) in [6.07, 6.45) is 1.81. The van der Waals surface area contributed by atoms with Gasteiger partial charge in [-0.25, -0.2) is 13.8 Å². The van der Waals surface area contributed by atoms with Gasteiger partial charge in [0.1, 0.15) is 23.0 Å². The number of carbonyl (C=O) groups excluding carboxylic acids is 2. The van der Waals surface area contributed by atoms with E-state index in [1.165, 1.54) is 18.2 Å². The van der Waals surface area contributed by atoms with E-state index in [1.807, 2.05) is 30.3 Å². The van der Waals surface area contributed by atoms with Gasteiger partial charge in [0.15, 0.2) is 0 Å². The number of methoxy groups -OCH3 is 1. The van der Waals surface area contributed by atoms with Gasteiger partial charge in [0, 0.05) is 30.2 Å². The lowest BCUT2D eigenvalue weighted by atomic mass is 9.79. The SMILES string of the molecule is COc1cc2c(cc1Nc1ncc(C(N)=O)c(Nc3ccccc3Br)n1)CN(C(=O)C1CCC1(F)F)CC2. The summed E-state index contributed by atoms with van der Waals surface area (Å²) in [5.41, 5.74) is 8.61. The van der Waals surface area contributed by atoms with Gasteiger partial charge in [-0.2, -0.15) is 4.98 Å². The molecule has 9 nitrogen and oxygen atoms in total. The normalized spacial score (nSPS) is 17.7. The quantitative estimate of drug-likeness (QED) is 0.364. The first-order valence-corrected chi connectivity index (χ1v) is 12.8. The van der Waals surface area contributed by atoms with Crippen molar-refractivity contribution in [3.05, 3.63) is 63.8 Å². The van der Waals surface area contributed by atoms with Crippen LogP contribution in [0.5, 0.6) is 5.75 Å². The molecule has 1 saturated carbocycles. The van der Waals surface area contributed by atoms with Crippen LogP contribution in [0.25, 0.3) is 0 Å². The molecular weight excluding hydrogens is 562 g/mol. The van der Waals surface area contributed by atoms with Crippen molar-refractivity contribution in [3.63, 3.8) is 0 Å². The number of alkyl halides is 2. The molecule has 2 heterocycles. The van der Waals surface area contributed by atoms with Crippen molar-refractivity contribution in [1.82, 2.24) is 14.9 Å². The largest absolute Gasteiger partial charge is 0.495 e. The number of hydrogen-bond donors (Lipinski definition) is 3. The maximum absolute atomic E-state index is 13.9. The summed E-state index contributed by atoms with van der Waals surface area (Å²) < 4.78 is 34.0. The highest BCUT2D eigenvalue weighted by molar-refractivity contribution is 9.10. The highest BCUT2D eigenvalue weighted by atomic mass is 79.9. The Bertz CT molecular complexity index is 1420. The van der Waals surface area contributed by atoms with Crippen molar-refractivity contribution in [3.8, 4) is 5.75 Å². The number of nitrogens with two attached hydrogens (primary N) is 1. The molecule has 0 radical (unpaired) electrons. The molecule has 5 rings (SSSR count). The molecule has 0 saturated heterocycles. The summed E-state index contributed by atoms with van der Waals surface area (Å²) in [5.74, 6) is -4.48. The third-order valence-electron chi connectivity index (χ3n) is 6.85. The Labute approximate surface area is 225 Å². The van der Waals surface area contributed by atoms with Crippen LogP contribution in [0.15, 0.2) is 47.1 Å². The summed E-state index contributed by atoms with van der Waals surface area (Å²) in [7, 11) is 1.53. The van der Waals surface area contributed by atoms with Crippen molar-refractivity contribution < 1.29 is 23.1 Å². The van der Waals surface area contributed by atoms with Crippen LogP contribution in [-0.4, -0.2) is 46.3 Å². The zero-order valence-corrected chi connectivity index (χ0v) is 22.0. The zero-order valence-electron chi connectivity index (χ0n) is 20.4. The number of carbonyl (C=O) groups is 2.